The first-order chi connectivity index (χ1) is 9.65. The molecule has 0 amide bonds. The van der Waals surface area contributed by atoms with Gasteiger partial charge in [0.1, 0.15) is 17.7 Å². The van der Waals surface area contributed by atoms with E-state index < -0.39 is 0 Å². The minimum atomic E-state index is -0.270. The van der Waals surface area contributed by atoms with E-state index in [-0.39, 0.29) is 17.5 Å². The summed E-state index contributed by atoms with van der Waals surface area (Å²) in [4.78, 5) is 0. The summed E-state index contributed by atoms with van der Waals surface area (Å²) in [7, 11) is 0. The summed E-state index contributed by atoms with van der Waals surface area (Å²) in [6, 6.07) is 4.72. The quantitative estimate of drug-likeness (QED) is 0.764. The molecule has 1 aliphatic carbocycles. The van der Waals surface area contributed by atoms with E-state index in [0.29, 0.717) is 10.2 Å². The fourth-order valence-electron chi connectivity index (χ4n) is 3.42. The first-order valence-electron chi connectivity index (χ1n) is 7.42. The fraction of sp³-hybridized carbons (Fsp3) is 0.625. The van der Waals surface area contributed by atoms with Crippen LogP contribution in [0.15, 0.2) is 22.7 Å². The summed E-state index contributed by atoms with van der Waals surface area (Å²) in [5.41, 5.74) is 0.0196. The highest BCUT2D eigenvalue weighted by atomic mass is 79.9. The average molecular weight is 343 g/mol. The van der Waals surface area contributed by atoms with Crippen LogP contribution >= 0.6 is 15.9 Å². The van der Waals surface area contributed by atoms with E-state index in [9.17, 15) is 4.39 Å². The number of hydrogen-bond donors (Lipinski definition) is 0. The maximum Gasteiger partial charge on any atom is 0.128 e. The Bertz CT molecular complexity index is 446. The van der Waals surface area contributed by atoms with Crippen molar-refractivity contribution in [3.8, 4) is 5.75 Å². The van der Waals surface area contributed by atoms with E-state index in [4.69, 9.17) is 9.47 Å². The molecule has 0 aromatic heterocycles. The van der Waals surface area contributed by atoms with E-state index in [2.05, 4.69) is 15.9 Å². The summed E-state index contributed by atoms with van der Waals surface area (Å²) >= 11 is 3.30. The molecule has 1 unspecified atom stereocenters. The van der Waals surface area contributed by atoms with Gasteiger partial charge in [0.15, 0.2) is 0 Å². The van der Waals surface area contributed by atoms with E-state index in [0.717, 1.165) is 32.3 Å². The summed E-state index contributed by atoms with van der Waals surface area (Å²) in [5, 5.41) is 0. The Morgan fingerprint density at radius 2 is 2.00 bits per heavy atom. The molecule has 110 valence electrons. The summed E-state index contributed by atoms with van der Waals surface area (Å²) in [5.74, 6) is 0.337. The largest absolute Gasteiger partial charge is 0.490 e. The van der Waals surface area contributed by atoms with Crippen LogP contribution in [-0.2, 0) is 4.74 Å². The minimum Gasteiger partial charge on any atom is -0.490 e. The average Bonchev–Trinajstić information content (AvgIpc) is 2.38. The summed E-state index contributed by atoms with van der Waals surface area (Å²) in [6.07, 6.45) is 8.04. The fourth-order valence-corrected chi connectivity index (χ4v) is 3.86. The number of benzene rings is 1. The molecule has 1 saturated heterocycles. The third-order valence-corrected chi connectivity index (χ3v) is 4.81. The molecule has 2 nitrogen and oxygen atoms in total. The van der Waals surface area contributed by atoms with Gasteiger partial charge in [0.05, 0.1) is 12.2 Å². The molecule has 3 rings (SSSR count). The highest BCUT2D eigenvalue weighted by Crippen LogP contribution is 2.39. The van der Waals surface area contributed by atoms with Crippen LogP contribution in [0.2, 0.25) is 0 Å². The molecular formula is C16H20BrFO2. The monoisotopic (exact) mass is 342 g/mol. The van der Waals surface area contributed by atoms with Crippen LogP contribution < -0.4 is 4.74 Å². The van der Waals surface area contributed by atoms with Gasteiger partial charge < -0.3 is 9.47 Å². The van der Waals surface area contributed by atoms with E-state index in [1.165, 1.54) is 31.4 Å². The topological polar surface area (TPSA) is 18.5 Å². The Balaban J connectivity index is 1.67. The van der Waals surface area contributed by atoms with Crippen molar-refractivity contribution >= 4 is 15.9 Å². The van der Waals surface area contributed by atoms with E-state index in [1.807, 2.05) is 6.07 Å². The van der Waals surface area contributed by atoms with Crippen molar-refractivity contribution in [1.82, 2.24) is 0 Å². The maximum absolute atomic E-state index is 13.4. The van der Waals surface area contributed by atoms with Crippen LogP contribution in [0, 0.1) is 5.82 Å². The van der Waals surface area contributed by atoms with Crippen LogP contribution in [0.4, 0.5) is 4.39 Å². The second kappa shape index (κ2) is 6.02. The van der Waals surface area contributed by atoms with Gasteiger partial charge in [-0.05, 0) is 25.0 Å². The van der Waals surface area contributed by atoms with E-state index >= 15 is 0 Å². The zero-order valence-electron chi connectivity index (χ0n) is 11.5. The molecule has 1 heterocycles. The van der Waals surface area contributed by atoms with Crippen LogP contribution in [0.1, 0.15) is 44.9 Å². The molecule has 20 heavy (non-hydrogen) atoms. The van der Waals surface area contributed by atoms with Gasteiger partial charge in [0.25, 0.3) is 0 Å². The minimum absolute atomic E-state index is 0.0196. The first-order valence-corrected chi connectivity index (χ1v) is 8.21. The molecule has 0 N–H and O–H groups in total. The SMILES string of the molecule is Fc1cc(Br)cc(OC2CCOC3(CCCCC3)C2)c1. The van der Waals surface area contributed by atoms with Gasteiger partial charge in [-0.25, -0.2) is 4.39 Å². The molecule has 1 spiro atoms. The molecule has 0 bridgehead atoms. The zero-order valence-corrected chi connectivity index (χ0v) is 13.1. The zero-order chi connectivity index (χ0) is 14.0. The van der Waals surface area contributed by atoms with Crippen LogP contribution in [0.5, 0.6) is 5.75 Å². The second-order valence-electron chi connectivity index (χ2n) is 5.93. The first kappa shape index (κ1) is 14.3. The van der Waals surface area contributed by atoms with E-state index in [1.54, 1.807) is 0 Å². The lowest BCUT2D eigenvalue weighted by Gasteiger charge is -2.43. The van der Waals surface area contributed by atoms with Crippen molar-refractivity contribution in [3.63, 3.8) is 0 Å². The highest BCUT2D eigenvalue weighted by Gasteiger charge is 2.39. The van der Waals surface area contributed by atoms with Crippen molar-refractivity contribution in [1.29, 1.82) is 0 Å². The van der Waals surface area contributed by atoms with Gasteiger partial charge in [-0.2, -0.15) is 0 Å². The van der Waals surface area contributed by atoms with Crippen molar-refractivity contribution < 1.29 is 13.9 Å². The Morgan fingerprint density at radius 3 is 2.75 bits per heavy atom. The third-order valence-electron chi connectivity index (χ3n) is 4.35. The molecule has 2 fully saturated rings. The van der Waals surface area contributed by atoms with Gasteiger partial charge >= 0.3 is 0 Å². The lowest BCUT2D eigenvalue weighted by molar-refractivity contribution is -0.129. The Morgan fingerprint density at radius 1 is 1.20 bits per heavy atom. The Labute approximate surface area is 127 Å². The van der Waals surface area contributed by atoms with Gasteiger partial charge in [-0.3, -0.25) is 0 Å². The van der Waals surface area contributed by atoms with Gasteiger partial charge in [-0.1, -0.05) is 35.2 Å². The predicted octanol–water partition coefficient (Wildman–Crippen LogP) is 4.85. The summed E-state index contributed by atoms with van der Waals surface area (Å²) < 4.78 is 26.2. The molecule has 1 aliphatic heterocycles. The van der Waals surface area contributed by atoms with Gasteiger partial charge in [0, 0.05) is 23.4 Å². The lowest BCUT2D eigenvalue weighted by Crippen LogP contribution is -2.45. The van der Waals surface area contributed by atoms with Crippen molar-refractivity contribution in [2.24, 2.45) is 0 Å². The molecule has 1 atom stereocenters. The molecule has 1 aromatic carbocycles. The van der Waals surface area contributed by atoms with Crippen LogP contribution in [-0.4, -0.2) is 18.3 Å². The van der Waals surface area contributed by atoms with Gasteiger partial charge in [0.2, 0.25) is 0 Å². The highest BCUT2D eigenvalue weighted by molar-refractivity contribution is 9.10. The smallest absolute Gasteiger partial charge is 0.128 e. The maximum atomic E-state index is 13.4. The van der Waals surface area contributed by atoms with Crippen LogP contribution in [0.3, 0.4) is 0 Å². The number of hydrogen-bond acceptors (Lipinski definition) is 2. The van der Waals surface area contributed by atoms with Crippen molar-refractivity contribution in [2.75, 3.05) is 6.61 Å². The number of ether oxygens (including phenoxy) is 2. The predicted molar refractivity (Wildman–Crippen MR) is 79.5 cm³/mol. The van der Waals surface area contributed by atoms with Crippen molar-refractivity contribution in [2.45, 2.75) is 56.7 Å². The molecule has 2 aliphatic rings. The summed E-state index contributed by atoms with van der Waals surface area (Å²) in [6.45, 7) is 0.751. The molecular weight excluding hydrogens is 323 g/mol. The standard InChI is InChI=1S/C16H20BrFO2/c17-12-8-13(18)10-15(9-12)20-14-4-7-19-16(11-14)5-2-1-3-6-16/h8-10,14H,1-7,11H2. The Kier molecular flexibility index (Phi) is 4.32. The number of rotatable bonds is 2. The molecule has 0 radical (unpaired) electrons. The van der Waals surface area contributed by atoms with Crippen molar-refractivity contribution in [3.05, 3.63) is 28.5 Å². The second-order valence-corrected chi connectivity index (χ2v) is 6.85. The lowest BCUT2D eigenvalue weighted by atomic mass is 9.79. The molecule has 4 heteroatoms. The normalized spacial score (nSPS) is 25.6. The van der Waals surface area contributed by atoms with Crippen LogP contribution in [0.25, 0.3) is 0 Å². The molecule has 1 aromatic rings. The Hall–Kier alpha value is -0.610. The number of halogens is 2. The third kappa shape index (κ3) is 3.34. The molecule has 1 saturated carbocycles. The van der Waals surface area contributed by atoms with Gasteiger partial charge in [-0.15, -0.1) is 0 Å².